The van der Waals surface area contributed by atoms with Crippen LogP contribution in [-0.2, 0) is 18.7 Å². The van der Waals surface area contributed by atoms with Crippen molar-refractivity contribution < 1.29 is 23.5 Å². The monoisotopic (exact) mass is 347 g/mol. The molecule has 0 aliphatic rings. The van der Waals surface area contributed by atoms with Gasteiger partial charge in [0.15, 0.2) is 14.4 Å². The first-order valence-corrected chi connectivity index (χ1v) is 10.6. The predicted molar refractivity (Wildman–Crippen MR) is 92.9 cm³/mol. The second-order valence-corrected chi connectivity index (χ2v) is 12.8. The van der Waals surface area contributed by atoms with Gasteiger partial charge in [0.25, 0.3) is 0 Å². The highest BCUT2D eigenvalue weighted by molar-refractivity contribution is 6.75. The number of hydrogen-bond donors (Lipinski definition) is 1. The van der Waals surface area contributed by atoms with Crippen LogP contribution in [0.1, 0.15) is 48.5 Å². The standard InChI is InChI=1S/C16H33NO5Si/c1-10-23(9,16(5,6)7)21-11-12(13(18)20-8)17-14(19)22-15(2,3)4/h12H,10-11H2,1-9H3,(H,17,19). The average molecular weight is 348 g/mol. The first-order chi connectivity index (χ1) is 10.3. The second kappa shape index (κ2) is 8.15. The molecule has 0 saturated heterocycles. The highest BCUT2D eigenvalue weighted by Crippen LogP contribution is 2.39. The summed E-state index contributed by atoms with van der Waals surface area (Å²) < 4.78 is 16.1. The van der Waals surface area contributed by atoms with Gasteiger partial charge in [0.05, 0.1) is 13.7 Å². The lowest BCUT2D eigenvalue weighted by Crippen LogP contribution is -2.51. The van der Waals surface area contributed by atoms with E-state index in [2.05, 4.69) is 39.6 Å². The Kier molecular flexibility index (Phi) is 7.76. The number of hydrogen-bond acceptors (Lipinski definition) is 5. The topological polar surface area (TPSA) is 73.9 Å². The number of nitrogens with one attached hydrogen (secondary N) is 1. The molecule has 0 aromatic rings. The average Bonchev–Trinajstić information content (AvgIpc) is 2.38. The van der Waals surface area contributed by atoms with Crippen molar-refractivity contribution in [3.8, 4) is 0 Å². The number of carbonyl (C=O) groups excluding carboxylic acids is 2. The van der Waals surface area contributed by atoms with Crippen LogP contribution in [0.15, 0.2) is 0 Å². The van der Waals surface area contributed by atoms with Crippen LogP contribution < -0.4 is 5.32 Å². The molecule has 0 aromatic carbocycles. The van der Waals surface area contributed by atoms with Gasteiger partial charge in [-0.2, -0.15) is 0 Å². The summed E-state index contributed by atoms with van der Waals surface area (Å²) in [5.74, 6) is -0.544. The third kappa shape index (κ3) is 7.35. The molecule has 0 spiro atoms. The molecule has 1 amide bonds. The first kappa shape index (κ1) is 21.9. The molecule has 2 unspecified atom stereocenters. The van der Waals surface area contributed by atoms with E-state index in [1.54, 1.807) is 20.8 Å². The summed E-state index contributed by atoms with van der Waals surface area (Å²) in [6, 6.07) is 0.0344. The lowest BCUT2D eigenvalue weighted by atomic mass is 10.2. The number of carbonyl (C=O) groups is 2. The first-order valence-electron chi connectivity index (χ1n) is 7.97. The van der Waals surface area contributed by atoms with Crippen molar-refractivity contribution in [1.82, 2.24) is 5.32 Å². The van der Waals surface area contributed by atoms with Gasteiger partial charge in [-0.15, -0.1) is 0 Å². The van der Waals surface area contributed by atoms with Gasteiger partial charge in [-0.05, 0) is 38.4 Å². The van der Waals surface area contributed by atoms with Crippen LogP contribution in [0.3, 0.4) is 0 Å². The van der Waals surface area contributed by atoms with Gasteiger partial charge in [-0.25, -0.2) is 9.59 Å². The summed E-state index contributed by atoms with van der Waals surface area (Å²) in [6.45, 7) is 16.0. The van der Waals surface area contributed by atoms with Gasteiger partial charge in [0, 0.05) is 0 Å². The summed E-state index contributed by atoms with van der Waals surface area (Å²) in [6.07, 6.45) is -0.660. The number of amides is 1. The lowest BCUT2D eigenvalue weighted by molar-refractivity contribution is -0.144. The third-order valence-corrected chi connectivity index (χ3v) is 9.33. The Balaban J connectivity index is 4.95. The summed E-state index contributed by atoms with van der Waals surface area (Å²) in [7, 11) is -0.760. The molecule has 0 heterocycles. The van der Waals surface area contributed by atoms with Crippen molar-refractivity contribution >= 4 is 20.4 Å². The maximum absolute atomic E-state index is 11.9. The minimum atomic E-state index is -2.04. The van der Waals surface area contributed by atoms with E-state index in [-0.39, 0.29) is 11.6 Å². The van der Waals surface area contributed by atoms with Crippen LogP contribution in [0, 0.1) is 0 Å². The van der Waals surface area contributed by atoms with E-state index in [0.717, 1.165) is 6.04 Å². The molecule has 0 fully saturated rings. The molecule has 0 aliphatic heterocycles. The second-order valence-electron chi connectivity index (χ2n) is 7.87. The Morgan fingerprint density at radius 3 is 2.00 bits per heavy atom. The summed E-state index contributed by atoms with van der Waals surface area (Å²) in [4.78, 5) is 23.8. The maximum atomic E-state index is 11.9. The van der Waals surface area contributed by atoms with Crippen molar-refractivity contribution in [2.45, 2.75) is 77.7 Å². The van der Waals surface area contributed by atoms with Crippen molar-refractivity contribution in [3.63, 3.8) is 0 Å². The van der Waals surface area contributed by atoms with Gasteiger partial charge in [0.1, 0.15) is 5.60 Å². The molecule has 0 radical (unpaired) electrons. The van der Waals surface area contributed by atoms with E-state index in [1.807, 2.05) is 0 Å². The van der Waals surface area contributed by atoms with Crippen molar-refractivity contribution in [2.75, 3.05) is 13.7 Å². The molecule has 7 heteroatoms. The fourth-order valence-corrected chi connectivity index (χ4v) is 4.11. The smallest absolute Gasteiger partial charge is 0.408 e. The van der Waals surface area contributed by atoms with Gasteiger partial charge in [0.2, 0.25) is 0 Å². The minimum absolute atomic E-state index is 0.0222. The number of methoxy groups -OCH3 is 1. The normalized spacial score (nSPS) is 16.2. The Bertz CT molecular complexity index is 414. The highest BCUT2D eigenvalue weighted by atomic mass is 28.4. The van der Waals surface area contributed by atoms with Gasteiger partial charge in [-0.3, -0.25) is 0 Å². The molecule has 6 nitrogen and oxygen atoms in total. The molecule has 1 N–H and O–H groups in total. The summed E-state index contributed by atoms with van der Waals surface area (Å²) in [5.41, 5.74) is -0.635. The van der Waals surface area contributed by atoms with E-state index < -0.39 is 32.0 Å². The number of alkyl carbamates (subject to hydrolysis) is 1. The maximum Gasteiger partial charge on any atom is 0.408 e. The van der Waals surface area contributed by atoms with Crippen molar-refractivity contribution in [3.05, 3.63) is 0 Å². The molecule has 0 aromatic heterocycles. The zero-order valence-electron chi connectivity index (χ0n) is 16.0. The number of ether oxygens (including phenoxy) is 2. The zero-order chi connectivity index (χ0) is 18.5. The van der Waals surface area contributed by atoms with Gasteiger partial charge in [-0.1, -0.05) is 27.7 Å². The van der Waals surface area contributed by atoms with E-state index in [0.29, 0.717) is 0 Å². The van der Waals surface area contributed by atoms with E-state index in [4.69, 9.17) is 13.9 Å². The molecular weight excluding hydrogens is 314 g/mol. The quantitative estimate of drug-likeness (QED) is 0.588. The third-order valence-electron chi connectivity index (χ3n) is 4.01. The van der Waals surface area contributed by atoms with Gasteiger partial charge >= 0.3 is 12.1 Å². The molecule has 136 valence electrons. The lowest BCUT2D eigenvalue weighted by Gasteiger charge is -2.39. The Morgan fingerprint density at radius 2 is 1.65 bits per heavy atom. The fraction of sp³-hybridized carbons (Fsp3) is 0.875. The Morgan fingerprint density at radius 1 is 1.13 bits per heavy atom. The van der Waals surface area contributed by atoms with Crippen LogP contribution >= 0.6 is 0 Å². The van der Waals surface area contributed by atoms with Crippen LogP contribution in [0.5, 0.6) is 0 Å². The number of esters is 1. The zero-order valence-corrected chi connectivity index (χ0v) is 17.0. The molecule has 0 saturated carbocycles. The van der Waals surface area contributed by atoms with E-state index in [9.17, 15) is 9.59 Å². The van der Waals surface area contributed by atoms with Crippen LogP contribution in [0.4, 0.5) is 4.79 Å². The Hall–Kier alpha value is -1.08. The van der Waals surface area contributed by atoms with E-state index in [1.165, 1.54) is 7.11 Å². The molecule has 0 aliphatic carbocycles. The van der Waals surface area contributed by atoms with Crippen LogP contribution in [-0.4, -0.2) is 45.7 Å². The van der Waals surface area contributed by atoms with Crippen LogP contribution in [0.25, 0.3) is 0 Å². The molecule has 2 atom stereocenters. The molecule has 23 heavy (non-hydrogen) atoms. The Labute approximate surface area is 141 Å². The molecular formula is C16H33NO5Si. The predicted octanol–water partition coefficient (Wildman–Crippen LogP) is 3.46. The largest absolute Gasteiger partial charge is 0.467 e. The number of rotatable bonds is 6. The summed E-state index contributed by atoms with van der Waals surface area (Å²) in [5, 5.41) is 2.56. The highest BCUT2D eigenvalue weighted by Gasteiger charge is 2.41. The van der Waals surface area contributed by atoms with Crippen molar-refractivity contribution in [1.29, 1.82) is 0 Å². The fourth-order valence-electron chi connectivity index (χ4n) is 1.88. The van der Waals surface area contributed by atoms with E-state index >= 15 is 0 Å². The van der Waals surface area contributed by atoms with Crippen LogP contribution in [0.2, 0.25) is 17.6 Å². The van der Waals surface area contributed by atoms with Gasteiger partial charge < -0.3 is 19.2 Å². The molecule has 0 bridgehead atoms. The summed E-state index contributed by atoms with van der Waals surface area (Å²) >= 11 is 0. The SMILES string of the molecule is CC[Si](C)(OCC(NC(=O)OC(C)(C)C)C(=O)OC)C(C)(C)C. The molecule has 0 rings (SSSR count). The minimum Gasteiger partial charge on any atom is -0.467 e. The van der Waals surface area contributed by atoms with Crippen molar-refractivity contribution in [2.24, 2.45) is 0 Å².